The Morgan fingerprint density at radius 1 is 1.27 bits per heavy atom. The molecule has 1 aromatic heterocycles. The minimum absolute atomic E-state index is 0.196. The van der Waals surface area contributed by atoms with Crippen LogP contribution in [-0.4, -0.2) is 24.0 Å². The molecular weight excluding hydrogens is 282 g/mol. The maximum absolute atomic E-state index is 10.7. The van der Waals surface area contributed by atoms with Gasteiger partial charge in [-0.25, -0.2) is 4.98 Å². The van der Waals surface area contributed by atoms with Crippen LogP contribution >= 0.6 is 0 Å². The highest BCUT2D eigenvalue weighted by molar-refractivity contribution is 5.51. The van der Waals surface area contributed by atoms with Gasteiger partial charge < -0.3 is 10.2 Å². The summed E-state index contributed by atoms with van der Waals surface area (Å²) in [5.41, 5.74) is 1.66. The van der Waals surface area contributed by atoms with Gasteiger partial charge in [-0.15, -0.1) is 0 Å². The van der Waals surface area contributed by atoms with Crippen molar-refractivity contribution in [1.82, 2.24) is 4.98 Å². The number of nitrogens with one attached hydrogen (secondary N) is 1. The van der Waals surface area contributed by atoms with Crippen LogP contribution in [0.1, 0.15) is 11.3 Å². The predicted molar refractivity (Wildman–Crippen MR) is 83.7 cm³/mol. The molecule has 0 radical (unpaired) electrons. The fraction of sp³-hybridized carbons (Fsp3) is 0.200. The Bertz CT molecular complexity index is 720. The van der Waals surface area contributed by atoms with Gasteiger partial charge in [-0.2, -0.15) is 5.26 Å². The molecule has 0 saturated carbocycles. The number of rotatable bonds is 5. The molecule has 0 aliphatic rings. The van der Waals surface area contributed by atoms with E-state index < -0.39 is 4.92 Å². The summed E-state index contributed by atoms with van der Waals surface area (Å²) in [6.45, 7) is 0.517. The van der Waals surface area contributed by atoms with E-state index in [1.807, 2.05) is 43.3 Å². The maximum atomic E-state index is 10.7. The molecule has 2 aromatic rings. The minimum Gasteiger partial charge on any atom is -0.378 e. The molecule has 0 amide bonds. The number of hydrogen-bond acceptors (Lipinski definition) is 6. The predicted octanol–water partition coefficient (Wildman–Crippen LogP) is 2.54. The molecule has 7 heteroatoms. The first-order valence-electron chi connectivity index (χ1n) is 6.57. The quantitative estimate of drug-likeness (QED) is 0.673. The van der Waals surface area contributed by atoms with Crippen molar-refractivity contribution in [2.24, 2.45) is 0 Å². The van der Waals surface area contributed by atoms with Crippen LogP contribution in [-0.2, 0) is 6.54 Å². The molecule has 0 bridgehead atoms. The normalized spacial score (nSPS) is 9.86. The molecular formula is C15H15N5O2. The summed E-state index contributed by atoms with van der Waals surface area (Å²) in [6, 6.07) is 12.5. The van der Waals surface area contributed by atoms with Gasteiger partial charge in [0.15, 0.2) is 0 Å². The van der Waals surface area contributed by atoms with Gasteiger partial charge in [0.25, 0.3) is 0 Å². The molecule has 2 rings (SSSR count). The maximum Gasteiger partial charge on any atom is 0.305 e. The van der Waals surface area contributed by atoms with Gasteiger partial charge in [0.05, 0.1) is 4.92 Å². The summed E-state index contributed by atoms with van der Waals surface area (Å²) in [7, 11) is 3.94. The third kappa shape index (κ3) is 3.49. The molecule has 22 heavy (non-hydrogen) atoms. The van der Waals surface area contributed by atoms with Crippen molar-refractivity contribution in [3.05, 3.63) is 57.8 Å². The molecule has 0 spiro atoms. The topological polar surface area (TPSA) is 95.1 Å². The average molecular weight is 297 g/mol. The SMILES string of the molecule is CN(C)c1ccc(CNc2ccc([N+](=O)[O-])c(C#N)n2)cc1. The van der Waals surface area contributed by atoms with E-state index in [0.29, 0.717) is 12.4 Å². The van der Waals surface area contributed by atoms with Crippen molar-refractivity contribution < 1.29 is 4.92 Å². The van der Waals surface area contributed by atoms with Crippen molar-refractivity contribution >= 4 is 17.2 Å². The van der Waals surface area contributed by atoms with E-state index in [1.165, 1.54) is 12.1 Å². The van der Waals surface area contributed by atoms with Gasteiger partial charge in [-0.05, 0) is 23.8 Å². The lowest BCUT2D eigenvalue weighted by Crippen LogP contribution is -2.08. The van der Waals surface area contributed by atoms with Crippen LogP contribution in [0.4, 0.5) is 17.2 Å². The standard InChI is InChI=1S/C15H15N5O2/c1-19(2)12-5-3-11(4-6-12)10-17-15-8-7-14(20(21)22)13(9-16)18-15/h3-8H,10H2,1-2H3,(H,17,18). The van der Waals surface area contributed by atoms with Gasteiger partial charge in [-0.3, -0.25) is 10.1 Å². The monoisotopic (exact) mass is 297 g/mol. The van der Waals surface area contributed by atoms with Gasteiger partial charge in [0.2, 0.25) is 5.69 Å². The lowest BCUT2D eigenvalue weighted by Gasteiger charge is -2.13. The number of anilines is 2. The summed E-state index contributed by atoms with van der Waals surface area (Å²) in [5, 5.41) is 22.7. The number of hydrogen-bond donors (Lipinski definition) is 1. The highest BCUT2D eigenvalue weighted by Crippen LogP contribution is 2.19. The summed E-state index contributed by atoms with van der Waals surface area (Å²) in [6.07, 6.45) is 0. The van der Waals surface area contributed by atoms with E-state index in [2.05, 4.69) is 10.3 Å². The Kier molecular flexibility index (Phi) is 4.53. The first-order valence-corrected chi connectivity index (χ1v) is 6.57. The second-order valence-electron chi connectivity index (χ2n) is 4.85. The lowest BCUT2D eigenvalue weighted by atomic mass is 10.2. The van der Waals surface area contributed by atoms with Crippen molar-refractivity contribution in [3.63, 3.8) is 0 Å². The number of benzene rings is 1. The molecule has 0 saturated heterocycles. The second-order valence-corrected chi connectivity index (χ2v) is 4.85. The fourth-order valence-corrected chi connectivity index (χ4v) is 1.88. The Morgan fingerprint density at radius 2 is 1.95 bits per heavy atom. The molecule has 0 fully saturated rings. The Balaban J connectivity index is 2.08. The van der Waals surface area contributed by atoms with Crippen LogP contribution in [0, 0.1) is 21.4 Å². The summed E-state index contributed by atoms with van der Waals surface area (Å²) < 4.78 is 0. The first-order chi connectivity index (χ1) is 10.5. The van der Waals surface area contributed by atoms with Crippen LogP contribution in [0.25, 0.3) is 0 Å². The zero-order valence-electron chi connectivity index (χ0n) is 12.3. The number of aromatic nitrogens is 1. The molecule has 1 heterocycles. The molecule has 0 aliphatic heterocycles. The third-order valence-electron chi connectivity index (χ3n) is 3.10. The Hall–Kier alpha value is -3.14. The van der Waals surface area contributed by atoms with Crippen LogP contribution in [0.2, 0.25) is 0 Å². The third-order valence-corrected chi connectivity index (χ3v) is 3.10. The van der Waals surface area contributed by atoms with Gasteiger partial charge in [0, 0.05) is 32.4 Å². The van der Waals surface area contributed by atoms with Gasteiger partial charge in [-0.1, -0.05) is 12.1 Å². The molecule has 1 N–H and O–H groups in total. The molecule has 7 nitrogen and oxygen atoms in total. The highest BCUT2D eigenvalue weighted by Gasteiger charge is 2.15. The minimum atomic E-state index is -0.616. The molecule has 0 aliphatic carbocycles. The lowest BCUT2D eigenvalue weighted by molar-refractivity contribution is -0.385. The molecule has 0 atom stereocenters. The van der Waals surface area contributed by atoms with Gasteiger partial charge >= 0.3 is 5.69 Å². The Morgan fingerprint density at radius 3 is 2.50 bits per heavy atom. The summed E-state index contributed by atoms with van der Waals surface area (Å²) in [5.74, 6) is 0.429. The van der Waals surface area contributed by atoms with Crippen molar-refractivity contribution in [3.8, 4) is 6.07 Å². The van der Waals surface area contributed by atoms with E-state index in [0.717, 1.165) is 11.3 Å². The van der Waals surface area contributed by atoms with Crippen molar-refractivity contribution in [2.45, 2.75) is 6.54 Å². The molecule has 112 valence electrons. The van der Waals surface area contributed by atoms with E-state index >= 15 is 0 Å². The fourth-order valence-electron chi connectivity index (χ4n) is 1.88. The van der Waals surface area contributed by atoms with Crippen LogP contribution < -0.4 is 10.2 Å². The van der Waals surface area contributed by atoms with Gasteiger partial charge in [0.1, 0.15) is 11.9 Å². The molecule has 1 aromatic carbocycles. The van der Waals surface area contributed by atoms with E-state index in [4.69, 9.17) is 5.26 Å². The average Bonchev–Trinajstić information content (AvgIpc) is 2.52. The zero-order chi connectivity index (χ0) is 16.1. The zero-order valence-corrected chi connectivity index (χ0v) is 12.3. The Labute approximate surface area is 128 Å². The second kappa shape index (κ2) is 6.54. The largest absolute Gasteiger partial charge is 0.378 e. The number of pyridine rings is 1. The summed E-state index contributed by atoms with van der Waals surface area (Å²) in [4.78, 5) is 16.1. The smallest absolute Gasteiger partial charge is 0.305 e. The van der Waals surface area contributed by atoms with Crippen LogP contribution in [0.15, 0.2) is 36.4 Å². The number of nitriles is 1. The van der Waals surface area contributed by atoms with Crippen LogP contribution in [0.3, 0.4) is 0 Å². The van der Waals surface area contributed by atoms with E-state index in [-0.39, 0.29) is 11.4 Å². The van der Waals surface area contributed by atoms with Crippen molar-refractivity contribution in [2.75, 3.05) is 24.3 Å². The van der Waals surface area contributed by atoms with E-state index in [1.54, 1.807) is 6.07 Å². The number of nitro groups is 1. The highest BCUT2D eigenvalue weighted by atomic mass is 16.6. The summed E-state index contributed by atoms with van der Waals surface area (Å²) >= 11 is 0. The molecule has 0 unspecified atom stereocenters. The first kappa shape index (κ1) is 15.3. The van der Waals surface area contributed by atoms with E-state index in [9.17, 15) is 10.1 Å². The van der Waals surface area contributed by atoms with Crippen LogP contribution in [0.5, 0.6) is 0 Å². The van der Waals surface area contributed by atoms with Crippen molar-refractivity contribution in [1.29, 1.82) is 5.26 Å². The number of nitrogens with zero attached hydrogens (tertiary/aromatic N) is 4.